The predicted octanol–water partition coefficient (Wildman–Crippen LogP) is 2.72. The highest BCUT2D eigenvalue weighted by Crippen LogP contribution is 2.15. The maximum Gasteiger partial charge on any atom is 0.244 e. The Labute approximate surface area is 151 Å². The van der Waals surface area contributed by atoms with Crippen molar-refractivity contribution in [1.82, 2.24) is 20.1 Å². The highest BCUT2D eigenvalue weighted by atomic mass is 16.1. The number of carbonyl (C=O) groups is 1. The van der Waals surface area contributed by atoms with Gasteiger partial charge in [0.25, 0.3) is 0 Å². The number of benzene rings is 2. The van der Waals surface area contributed by atoms with Crippen molar-refractivity contribution in [2.24, 2.45) is 0 Å². The Morgan fingerprint density at radius 2 is 2.08 bits per heavy atom. The fourth-order valence-corrected chi connectivity index (χ4v) is 2.54. The summed E-state index contributed by atoms with van der Waals surface area (Å²) in [5.74, 6) is -0.221. The molecule has 0 bridgehead atoms. The Kier molecular flexibility index (Phi) is 5.53. The molecule has 1 heterocycles. The van der Waals surface area contributed by atoms with Crippen LogP contribution >= 0.6 is 0 Å². The van der Waals surface area contributed by atoms with Crippen molar-refractivity contribution in [1.29, 1.82) is 5.26 Å². The van der Waals surface area contributed by atoms with Gasteiger partial charge in [0, 0.05) is 6.08 Å². The highest BCUT2D eigenvalue weighted by Gasteiger charge is 2.14. The minimum atomic E-state index is -0.236. The van der Waals surface area contributed by atoms with E-state index in [-0.39, 0.29) is 11.9 Å². The van der Waals surface area contributed by atoms with E-state index in [0.717, 1.165) is 11.1 Å². The van der Waals surface area contributed by atoms with Crippen molar-refractivity contribution < 1.29 is 4.79 Å². The largest absolute Gasteiger partial charge is 0.344 e. The second-order valence-electron chi connectivity index (χ2n) is 5.66. The Bertz CT molecular complexity index is 926. The minimum absolute atomic E-state index is 0.221. The van der Waals surface area contributed by atoms with E-state index >= 15 is 0 Å². The van der Waals surface area contributed by atoms with Crippen LogP contribution in [0.25, 0.3) is 6.08 Å². The van der Waals surface area contributed by atoms with E-state index in [1.165, 1.54) is 12.4 Å². The predicted molar refractivity (Wildman–Crippen MR) is 97.5 cm³/mol. The minimum Gasteiger partial charge on any atom is -0.344 e. The topological polar surface area (TPSA) is 83.6 Å². The Morgan fingerprint density at radius 3 is 2.81 bits per heavy atom. The highest BCUT2D eigenvalue weighted by molar-refractivity contribution is 5.92. The summed E-state index contributed by atoms with van der Waals surface area (Å²) < 4.78 is 1.68. The zero-order valence-electron chi connectivity index (χ0n) is 14.0. The SMILES string of the molecule is N#Cc1cccc(/C=C/C(=O)NC(Cn2cncn2)c2ccccc2)c1. The number of nitriles is 1. The lowest BCUT2D eigenvalue weighted by molar-refractivity contribution is -0.117. The van der Waals surface area contributed by atoms with Gasteiger partial charge in [0.15, 0.2) is 0 Å². The third-order valence-electron chi connectivity index (χ3n) is 3.80. The number of amides is 1. The molecule has 2 aromatic carbocycles. The van der Waals surface area contributed by atoms with Crippen molar-refractivity contribution in [3.8, 4) is 6.07 Å². The van der Waals surface area contributed by atoms with Gasteiger partial charge in [-0.05, 0) is 29.3 Å². The number of hydrogen-bond acceptors (Lipinski definition) is 4. The maximum absolute atomic E-state index is 12.4. The summed E-state index contributed by atoms with van der Waals surface area (Å²) in [6.07, 6.45) is 6.23. The normalized spacial score (nSPS) is 11.8. The number of aromatic nitrogens is 3. The van der Waals surface area contributed by atoms with E-state index in [0.29, 0.717) is 12.1 Å². The van der Waals surface area contributed by atoms with Crippen LogP contribution in [0.5, 0.6) is 0 Å². The summed E-state index contributed by atoms with van der Waals surface area (Å²) in [6, 6.07) is 18.6. The van der Waals surface area contributed by atoms with Gasteiger partial charge in [-0.15, -0.1) is 0 Å². The fourth-order valence-electron chi connectivity index (χ4n) is 2.54. The first-order chi connectivity index (χ1) is 12.7. The van der Waals surface area contributed by atoms with Crippen molar-refractivity contribution >= 4 is 12.0 Å². The molecule has 0 aliphatic carbocycles. The number of nitrogens with one attached hydrogen (secondary N) is 1. The van der Waals surface area contributed by atoms with Crippen LogP contribution in [0.3, 0.4) is 0 Å². The molecule has 3 aromatic rings. The van der Waals surface area contributed by atoms with Gasteiger partial charge in [-0.1, -0.05) is 42.5 Å². The standard InChI is InChI=1S/C20H17N5O/c21-12-17-6-4-5-16(11-17)9-10-20(26)24-19(13-25-15-22-14-23-25)18-7-2-1-3-8-18/h1-11,14-15,19H,13H2,(H,24,26)/b10-9+. The third-order valence-corrected chi connectivity index (χ3v) is 3.80. The molecule has 1 N–H and O–H groups in total. The van der Waals surface area contributed by atoms with Crippen molar-refractivity contribution in [2.45, 2.75) is 12.6 Å². The van der Waals surface area contributed by atoms with E-state index in [9.17, 15) is 4.79 Å². The molecule has 0 spiro atoms. The molecule has 0 fully saturated rings. The molecule has 1 unspecified atom stereocenters. The molecule has 1 atom stereocenters. The van der Waals surface area contributed by atoms with Gasteiger partial charge in [-0.3, -0.25) is 9.48 Å². The van der Waals surface area contributed by atoms with Gasteiger partial charge in [0.05, 0.1) is 24.2 Å². The molecule has 3 rings (SSSR count). The summed E-state index contributed by atoms with van der Waals surface area (Å²) in [6.45, 7) is 0.480. The molecule has 1 amide bonds. The molecule has 1 aromatic heterocycles. The lowest BCUT2D eigenvalue weighted by Gasteiger charge is -2.18. The number of rotatable bonds is 6. The van der Waals surface area contributed by atoms with Crippen molar-refractivity contribution in [2.75, 3.05) is 0 Å². The molecule has 128 valence electrons. The lowest BCUT2D eigenvalue weighted by atomic mass is 10.1. The third kappa shape index (κ3) is 4.65. The van der Waals surface area contributed by atoms with Gasteiger partial charge in [-0.2, -0.15) is 10.4 Å². The number of nitrogens with zero attached hydrogens (tertiary/aromatic N) is 4. The number of carbonyl (C=O) groups excluding carboxylic acids is 1. The Morgan fingerprint density at radius 1 is 1.23 bits per heavy atom. The van der Waals surface area contributed by atoms with Gasteiger partial charge < -0.3 is 5.32 Å². The summed E-state index contributed by atoms with van der Waals surface area (Å²) >= 11 is 0. The Hall–Kier alpha value is -3.72. The maximum atomic E-state index is 12.4. The van der Waals surface area contributed by atoms with Crippen LogP contribution in [0.15, 0.2) is 73.3 Å². The summed E-state index contributed by atoms with van der Waals surface area (Å²) in [7, 11) is 0. The van der Waals surface area contributed by atoms with Crippen LogP contribution in [0.4, 0.5) is 0 Å². The second-order valence-corrected chi connectivity index (χ2v) is 5.66. The molecular formula is C20H17N5O. The van der Waals surface area contributed by atoms with Crippen LogP contribution in [0.1, 0.15) is 22.7 Å². The molecule has 0 saturated heterocycles. The monoisotopic (exact) mass is 343 g/mol. The average molecular weight is 343 g/mol. The average Bonchev–Trinajstić information content (AvgIpc) is 3.20. The van der Waals surface area contributed by atoms with Gasteiger partial charge in [0.1, 0.15) is 12.7 Å². The van der Waals surface area contributed by atoms with Crippen LogP contribution in [-0.2, 0) is 11.3 Å². The summed E-state index contributed by atoms with van der Waals surface area (Å²) in [5, 5.41) is 16.0. The lowest BCUT2D eigenvalue weighted by Crippen LogP contribution is -2.30. The van der Waals surface area contributed by atoms with Gasteiger partial charge in [-0.25, -0.2) is 4.98 Å². The molecule has 0 saturated carbocycles. The molecule has 26 heavy (non-hydrogen) atoms. The zero-order chi connectivity index (χ0) is 18.2. The summed E-state index contributed by atoms with van der Waals surface area (Å²) in [4.78, 5) is 16.3. The van der Waals surface area contributed by atoms with Crippen LogP contribution in [-0.4, -0.2) is 20.7 Å². The van der Waals surface area contributed by atoms with E-state index in [2.05, 4.69) is 21.5 Å². The molecule has 0 aliphatic rings. The molecule has 0 aliphatic heterocycles. The zero-order valence-corrected chi connectivity index (χ0v) is 14.0. The van der Waals surface area contributed by atoms with Crippen molar-refractivity contribution in [3.05, 3.63) is 90.0 Å². The van der Waals surface area contributed by atoms with Crippen LogP contribution in [0.2, 0.25) is 0 Å². The quantitative estimate of drug-likeness (QED) is 0.698. The first-order valence-corrected chi connectivity index (χ1v) is 8.11. The smallest absolute Gasteiger partial charge is 0.244 e. The first-order valence-electron chi connectivity index (χ1n) is 8.11. The van der Waals surface area contributed by atoms with E-state index in [1.807, 2.05) is 36.4 Å². The van der Waals surface area contributed by atoms with Crippen LogP contribution < -0.4 is 5.32 Å². The van der Waals surface area contributed by atoms with Gasteiger partial charge >= 0.3 is 0 Å². The molecule has 0 radical (unpaired) electrons. The van der Waals surface area contributed by atoms with Crippen LogP contribution in [0, 0.1) is 11.3 Å². The van der Waals surface area contributed by atoms with E-state index in [4.69, 9.17) is 5.26 Å². The van der Waals surface area contributed by atoms with E-state index < -0.39 is 0 Å². The number of hydrogen-bond donors (Lipinski definition) is 1. The first kappa shape index (κ1) is 17.1. The van der Waals surface area contributed by atoms with E-state index in [1.54, 1.807) is 35.3 Å². The second kappa shape index (κ2) is 8.40. The van der Waals surface area contributed by atoms with Gasteiger partial charge in [0.2, 0.25) is 5.91 Å². The Balaban J connectivity index is 1.72. The summed E-state index contributed by atoms with van der Waals surface area (Å²) in [5.41, 5.74) is 2.34. The molecule has 6 heteroatoms. The molecular weight excluding hydrogens is 326 g/mol. The van der Waals surface area contributed by atoms with Crippen molar-refractivity contribution in [3.63, 3.8) is 0 Å². The molecule has 6 nitrogen and oxygen atoms in total. The fraction of sp³-hybridized carbons (Fsp3) is 0.100.